The molecular formula is C28H28FN3O3. The van der Waals surface area contributed by atoms with Gasteiger partial charge in [-0.15, -0.1) is 0 Å². The van der Waals surface area contributed by atoms with Gasteiger partial charge in [0, 0.05) is 24.6 Å². The Balaban J connectivity index is 1.37. The van der Waals surface area contributed by atoms with Gasteiger partial charge in [-0.2, -0.15) is 0 Å². The summed E-state index contributed by atoms with van der Waals surface area (Å²) in [7, 11) is 0. The molecule has 0 aliphatic carbocycles. The van der Waals surface area contributed by atoms with E-state index in [0.29, 0.717) is 25.2 Å². The van der Waals surface area contributed by atoms with E-state index in [2.05, 4.69) is 0 Å². The summed E-state index contributed by atoms with van der Waals surface area (Å²) in [6.45, 7) is 4.90. The molecule has 1 aromatic heterocycles. The van der Waals surface area contributed by atoms with Crippen molar-refractivity contribution in [2.75, 3.05) is 18.1 Å². The molecule has 1 aliphatic heterocycles. The van der Waals surface area contributed by atoms with Gasteiger partial charge in [0.05, 0.1) is 17.6 Å². The third-order valence-corrected chi connectivity index (χ3v) is 6.47. The number of aryl methyl sites for hydroxylation is 2. The highest BCUT2D eigenvalue weighted by atomic mass is 19.1. The quantitative estimate of drug-likeness (QED) is 0.421. The molecule has 1 fully saturated rings. The number of halogens is 1. The highest BCUT2D eigenvalue weighted by molar-refractivity contribution is 5.96. The molecule has 7 heteroatoms. The van der Waals surface area contributed by atoms with Crippen LogP contribution in [0.25, 0.3) is 11.0 Å². The fraction of sp³-hybridized carbons (Fsp3) is 0.286. The Kier molecular flexibility index (Phi) is 6.26. The summed E-state index contributed by atoms with van der Waals surface area (Å²) in [6, 6.07) is 19.7. The molecule has 180 valence electrons. The zero-order chi connectivity index (χ0) is 24.5. The molecular weight excluding hydrogens is 445 g/mol. The van der Waals surface area contributed by atoms with Gasteiger partial charge < -0.3 is 19.3 Å². The first-order valence-electron chi connectivity index (χ1n) is 11.8. The van der Waals surface area contributed by atoms with Crippen LogP contribution >= 0.6 is 0 Å². The summed E-state index contributed by atoms with van der Waals surface area (Å²) in [5.74, 6) is 0.999. The van der Waals surface area contributed by atoms with Crippen LogP contribution < -0.4 is 9.64 Å². The van der Waals surface area contributed by atoms with Gasteiger partial charge in [-0.05, 0) is 61.9 Å². The second kappa shape index (κ2) is 9.50. The number of aromatic nitrogens is 2. The predicted octanol–water partition coefficient (Wildman–Crippen LogP) is 4.75. The van der Waals surface area contributed by atoms with Crippen LogP contribution in [0.3, 0.4) is 0 Å². The molecule has 0 spiro atoms. The number of anilines is 1. The summed E-state index contributed by atoms with van der Waals surface area (Å²) >= 11 is 0. The van der Waals surface area contributed by atoms with Crippen LogP contribution in [-0.2, 0) is 11.3 Å². The number of carbonyl (C=O) groups excluding carboxylic acids is 1. The van der Waals surface area contributed by atoms with Crippen molar-refractivity contribution in [3.63, 3.8) is 0 Å². The van der Waals surface area contributed by atoms with Crippen molar-refractivity contribution in [3.8, 4) is 5.75 Å². The fourth-order valence-corrected chi connectivity index (χ4v) is 4.76. The van der Waals surface area contributed by atoms with Crippen molar-refractivity contribution in [3.05, 3.63) is 89.5 Å². The lowest BCUT2D eigenvalue weighted by atomic mass is 10.1. The number of hydrogen-bond acceptors (Lipinski definition) is 4. The van der Waals surface area contributed by atoms with E-state index in [9.17, 15) is 14.3 Å². The summed E-state index contributed by atoms with van der Waals surface area (Å²) in [6.07, 6.45) is -0.465. The van der Waals surface area contributed by atoms with E-state index in [4.69, 9.17) is 9.72 Å². The van der Waals surface area contributed by atoms with Gasteiger partial charge in [0.2, 0.25) is 5.91 Å². The minimum absolute atomic E-state index is 0.0288. The molecule has 0 bridgehead atoms. The van der Waals surface area contributed by atoms with Crippen LogP contribution in [0.5, 0.6) is 5.75 Å². The van der Waals surface area contributed by atoms with E-state index >= 15 is 0 Å². The lowest BCUT2D eigenvalue weighted by Crippen LogP contribution is -2.26. The molecule has 0 radical (unpaired) electrons. The number of nitrogens with zero attached hydrogens (tertiary/aromatic N) is 3. The maximum absolute atomic E-state index is 13.4. The molecule has 35 heavy (non-hydrogen) atoms. The fourth-order valence-electron chi connectivity index (χ4n) is 4.76. The second-order valence-corrected chi connectivity index (χ2v) is 9.18. The lowest BCUT2D eigenvalue weighted by Gasteiger charge is -2.19. The summed E-state index contributed by atoms with van der Waals surface area (Å²) in [5, 5.41) is 10.9. The Labute approximate surface area is 203 Å². The number of benzene rings is 3. The smallest absolute Gasteiger partial charge is 0.227 e. The van der Waals surface area contributed by atoms with Gasteiger partial charge in [-0.1, -0.05) is 29.8 Å². The number of aliphatic hydroxyl groups excluding tert-OH is 1. The van der Waals surface area contributed by atoms with Crippen LogP contribution in [0.4, 0.5) is 10.1 Å². The molecule has 2 atom stereocenters. The topological polar surface area (TPSA) is 67.6 Å². The Morgan fingerprint density at radius 1 is 1.11 bits per heavy atom. The van der Waals surface area contributed by atoms with E-state index in [1.54, 1.807) is 17.0 Å². The largest absolute Gasteiger partial charge is 0.491 e. The molecule has 2 heterocycles. The van der Waals surface area contributed by atoms with Crippen LogP contribution in [-0.4, -0.2) is 39.8 Å². The van der Waals surface area contributed by atoms with E-state index in [1.807, 2.05) is 60.9 Å². The van der Waals surface area contributed by atoms with Crippen LogP contribution in [0, 0.1) is 19.7 Å². The second-order valence-electron chi connectivity index (χ2n) is 9.18. The van der Waals surface area contributed by atoms with Gasteiger partial charge in [0.25, 0.3) is 0 Å². The Hall–Kier alpha value is -3.71. The number of ether oxygens (including phenoxy) is 1. The minimum atomic E-state index is -0.766. The van der Waals surface area contributed by atoms with Crippen molar-refractivity contribution < 1.29 is 19.0 Å². The molecule has 4 aromatic rings. The minimum Gasteiger partial charge on any atom is -0.491 e. The third kappa shape index (κ3) is 4.77. The number of hydrogen-bond donors (Lipinski definition) is 1. The number of imidazole rings is 1. The molecule has 1 aliphatic rings. The van der Waals surface area contributed by atoms with Crippen molar-refractivity contribution in [1.82, 2.24) is 9.55 Å². The lowest BCUT2D eigenvalue weighted by molar-refractivity contribution is -0.117. The van der Waals surface area contributed by atoms with E-state index in [0.717, 1.165) is 33.7 Å². The maximum Gasteiger partial charge on any atom is 0.227 e. The van der Waals surface area contributed by atoms with E-state index < -0.39 is 6.10 Å². The number of rotatable bonds is 7. The first-order valence-corrected chi connectivity index (χ1v) is 11.8. The summed E-state index contributed by atoms with van der Waals surface area (Å²) in [4.78, 5) is 19.3. The molecule has 1 N–H and O–H groups in total. The van der Waals surface area contributed by atoms with Gasteiger partial charge in [-0.25, -0.2) is 9.37 Å². The Morgan fingerprint density at radius 2 is 1.89 bits per heavy atom. The van der Waals surface area contributed by atoms with Gasteiger partial charge in [0.1, 0.15) is 30.1 Å². The average molecular weight is 474 g/mol. The highest BCUT2D eigenvalue weighted by Crippen LogP contribution is 2.33. The number of carbonyl (C=O) groups is 1. The van der Waals surface area contributed by atoms with Crippen molar-refractivity contribution in [2.45, 2.75) is 38.8 Å². The monoisotopic (exact) mass is 473 g/mol. The SMILES string of the molecule is Cc1ccc(OC[C@H](O)Cn2c([C@@H]3CC(=O)N(c4ccc(F)cc4)C3)nc3ccccc32)c(C)c1. The Morgan fingerprint density at radius 3 is 2.66 bits per heavy atom. The highest BCUT2D eigenvalue weighted by Gasteiger charge is 2.35. The van der Waals surface area contributed by atoms with E-state index in [-0.39, 0.29) is 24.2 Å². The normalized spacial score (nSPS) is 16.7. The molecule has 0 saturated carbocycles. The zero-order valence-electron chi connectivity index (χ0n) is 19.8. The average Bonchev–Trinajstić information content (AvgIpc) is 3.40. The summed E-state index contributed by atoms with van der Waals surface area (Å²) < 4.78 is 21.3. The molecule has 3 aromatic carbocycles. The van der Waals surface area contributed by atoms with Gasteiger partial charge in [-0.3, -0.25) is 4.79 Å². The molecule has 1 amide bonds. The van der Waals surface area contributed by atoms with Gasteiger partial charge >= 0.3 is 0 Å². The van der Waals surface area contributed by atoms with Crippen molar-refractivity contribution in [1.29, 1.82) is 0 Å². The first-order chi connectivity index (χ1) is 16.9. The maximum atomic E-state index is 13.4. The number of fused-ring (bicyclic) bond motifs is 1. The predicted molar refractivity (Wildman–Crippen MR) is 133 cm³/mol. The van der Waals surface area contributed by atoms with Crippen LogP contribution in [0.2, 0.25) is 0 Å². The van der Waals surface area contributed by atoms with Gasteiger partial charge in [0.15, 0.2) is 0 Å². The molecule has 5 rings (SSSR count). The standard InChI is InChI=1S/C28H28FN3O3/c1-18-7-12-26(19(2)13-18)35-17-23(33)16-32-25-6-4-3-5-24(25)30-28(32)20-14-27(34)31(15-20)22-10-8-21(29)9-11-22/h3-13,20,23,33H,14-17H2,1-2H3/t20-,23-/m1/s1. The number of para-hydroxylation sites is 2. The number of amides is 1. The molecule has 1 saturated heterocycles. The summed E-state index contributed by atoms with van der Waals surface area (Å²) in [5.41, 5.74) is 4.57. The zero-order valence-corrected chi connectivity index (χ0v) is 19.8. The van der Waals surface area contributed by atoms with E-state index in [1.165, 1.54) is 12.1 Å². The molecule has 6 nitrogen and oxygen atoms in total. The number of aliphatic hydroxyl groups is 1. The van der Waals surface area contributed by atoms with Crippen molar-refractivity contribution >= 4 is 22.6 Å². The van der Waals surface area contributed by atoms with Crippen molar-refractivity contribution in [2.24, 2.45) is 0 Å². The molecule has 0 unspecified atom stereocenters. The first kappa shape index (κ1) is 23.1. The Bertz CT molecular complexity index is 1370. The van der Waals surface area contributed by atoms with Crippen LogP contribution in [0.1, 0.15) is 29.3 Å². The van der Waals surface area contributed by atoms with Crippen LogP contribution in [0.15, 0.2) is 66.7 Å². The third-order valence-electron chi connectivity index (χ3n) is 6.47.